The Morgan fingerprint density at radius 2 is 1.60 bits per heavy atom. The summed E-state index contributed by atoms with van der Waals surface area (Å²) in [4.78, 5) is 58.0. The number of carbonyl (C=O) groups excluding carboxylic acids is 4. The third kappa shape index (κ3) is 8.74. The van der Waals surface area contributed by atoms with Gasteiger partial charge in [0.05, 0.1) is 39.0 Å². The van der Waals surface area contributed by atoms with Crippen LogP contribution in [0.1, 0.15) is 105 Å². The first-order valence-corrected chi connectivity index (χ1v) is 21.1. The molecule has 0 unspecified atom stereocenters. The van der Waals surface area contributed by atoms with Crippen molar-refractivity contribution in [2.45, 2.75) is 71.2 Å². The van der Waals surface area contributed by atoms with Crippen LogP contribution in [0.5, 0.6) is 0 Å². The van der Waals surface area contributed by atoms with Gasteiger partial charge in [-0.05, 0) is 91.4 Å². The molecule has 0 saturated carbocycles. The van der Waals surface area contributed by atoms with E-state index in [9.17, 15) is 27.6 Å². The summed E-state index contributed by atoms with van der Waals surface area (Å²) in [7, 11) is -4.47. The fraction of sp³-hybridized carbons (Fsp3) is 0.326. The van der Waals surface area contributed by atoms with Gasteiger partial charge < -0.3 is 14.5 Å². The van der Waals surface area contributed by atoms with Crippen molar-refractivity contribution in [3.63, 3.8) is 0 Å². The number of rotatable bonds is 14. The van der Waals surface area contributed by atoms with Crippen LogP contribution in [0.25, 0.3) is 16.5 Å². The number of unbranched alkanes of at least 4 members (excludes halogenated alkanes) is 2. The molecule has 0 aliphatic carbocycles. The van der Waals surface area contributed by atoms with E-state index < -0.39 is 27.8 Å². The summed E-state index contributed by atoms with van der Waals surface area (Å²) in [5.41, 5.74) is 3.02. The van der Waals surface area contributed by atoms with Crippen molar-refractivity contribution < 1.29 is 32.3 Å². The average molecular weight is 812 g/mol. The molecule has 0 fully saturated rings. The highest BCUT2D eigenvalue weighted by Gasteiger charge is 2.30. The van der Waals surface area contributed by atoms with Crippen molar-refractivity contribution in [2.24, 2.45) is 0 Å². The number of fused-ring (bicyclic) bond motifs is 2. The lowest BCUT2D eigenvalue weighted by Crippen LogP contribution is -2.37. The molecule has 6 rings (SSSR count). The Labute approximate surface area is 337 Å². The first-order valence-electron chi connectivity index (χ1n) is 19.2. The Hall–Kier alpha value is -5.53. The number of sulfonamides is 1. The number of aromatic nitrogens is 2. The molecule has 298 valence electrons. The molecule has 1 aliphatic heterocycles. The van der Waals surface area contributed by atoms with Gasteiger partial charge in [0, 0.05) is 31.7 Å². The van der Waals surface area contributed by atoms with Gasteiger partial charge in [0.2, 0.25) is 0 Å². The smallest absolute Gasteiger partial charge is 0.338 e. The number of hydrogen-bond acceptors (Lipinski definition) is 8. The molecular weight excluding hydrogens is 766 g/mol. The third-order valence-corrected chi connectivity index (χ3v) is 11.9. The summed E-state index contributed by atoms with van der Waals surface area (Å²) in [6.45, 7) is 9.45. The first-order chi connectivity index (χ1) is 27.4. The van der Waals surface area contributed by atoms with Crippen molar-refractivity contribution in [1.82, 2.24) is 24.3 Å². The van der Waals surface area contributed by atoms with Crippen LogP contribution < -0.4 is 4.72 Å². The lowest BCUT2D eigenvalue weighted by molar-refractivity contribution is 0.0528. The van der Waals surface area contributed by atoms with Gasteiger partial charge in [-0.3, -0.25) is 14.4 Å². The second-order valence-corrected chi connectivity index (χ2v) is 16.0. The number of nitrogens with zero attached hydrogens (tertiary/aromatic N) is 4. The monoisotopic (exact) mass is 811 g/mol. The number of esters is 1. The number of carbonyl (C=O) groups is 4. The number of hydrogen-bond donors (Lipinski definition) is 1. The molecule has 0 radical (unpaired) electrons. The Bertz CT molecular complexity index is 2460. The number of halogens is 1. The highest BCUT2D eigenvalue weighted by atomic mass is 35.5. The predicted molar refractivity (Wildman–Crippen MR) is 218 cm³/mol. The molecule has 0 atom stereocenters. The predicted octanol–water partition coefficient (Wildman–Crippen LogP) is 7.52. The van der Waals surface area contributed by atoms with E-state index in [-0.39, 0.29) is 50.5 Å². The summed E-state index contributed by atoms with van der Waals surface area (Å²) in [6.07, 6.45) is 4.07. The summed E-state index contributed by atoms with van der Waals surface area (Å²) in [5.74, 6) is -2.31. The van der Waals surface area contributed by atoms with E-state index in [1.807, 2.05) is 24.3 Å². The molecule has 57 heavy (non-hydrogen) atoms. The topological polar surface area (TPSA) is 148 Å². The van der Waals surface area contributed by atoms with Crippen molar-refractivity contribution in [2.75, 3.05) is 26.2 Å². The molecule has 0 saturated heterocycles. The molecule has 14 heteroatoms. The van der Waals surface area contributed by atoms with Gasteiger partial charge in [0.25, 0.3) is 27.7 Å². The number of benzene rings is 4. The number of ether oxygens (including phenoxy) is 1. The largest absolute Gasteiger partial charge is 0.462 e. The van der Waals surface area contributed by atoms with Crippen molar-refractivity contribution in [3.05, 3.63) is 123 Å². The highest BCUT2D eigenvalue weighted by Crippen LogP contribution is 2.30. The lowest BCUT2D eigenvalue weighted by atomic mass is 9.98. The fourth-order valence-electron chi connectivity index (χ4n) is 6.94. The van der Waals surface area contributed by atoms with Crippen LogP contribution in [0.15, 0.2) is 83.8 Å². The van der Waals surface area contributed by atoms with Crippen molar-refractivity contribution >= 4 is 56.1 Å². The van der Waals surface area contributed by atoms with E-state index in [1.54, 1.807) is 47.9 Å². The van der Waals surface area contributed by atoms with Gasteiger partial charge in [-0.15, -0.1) is 0 Å². The maximum absolute atomic E-state index is 14.5. The molecular formula is C43H46ClN5O7S. The molecule has 3 amide bonds. The van der Waals surface area contributed by atoms with Gasteiger partial charge >= 0.3 is 5.97 Å². The van der Waals surface area contributed by atoms with E-state index in [0.29, 0.717) is 49.1 Å². The van der Waals surface area contributed by atoms with Crippen LogP contribution >= 0.6 is 11.6 Å². The van der Waals surface area contributed by atoms with E-state index in [0.717, 1.165) is 36.8 Å². The highest BCUT2D eigenvalue weighted by molar-refractivity contribution is 7.90. The zero-order valence-corrected chi connectivity index (χ0v) is 34.1. The Balaban J connectivity index is 1.38. The summed E-state index contributed by atoms with van der Waals surface area (Å²) in [6, 6.07) is 21.2. The second kappa shape index (κ2) is 17.7. The summed E-state index contributed by atoms with van der Waals surface area (Å²) >= 11 is 6.82. The van der Waals surface area contributed by atoms with E-state index in [4.69, 9.17) is 16.3 Å². The van der Waals surface area contributed by atoms with E-state index in [2.05, 4.69) is 23.7 Å². The van der Waals surface area contributed by atoms with Gasteiger partial charge in [0.15, 0.2) is 5.69 Å². The first kappa shape index (κ1) is 41.1. The molecule has 1 aromatic heterocycles. The van der Waals surface area contributed by atoms with Gasteiger partial charge in [0.1, 0.15) is 0 Å². The van der Waals surface area contributed by atoms with Crippen LogP contribution in [-0.4, -0.2) is 77.9 Å². The quantitative estimate of drug-likeness (QED) is 0.113. The maximum atomic E-state index is 14.5. The van der Waals surface area contributed by atoms with E-state index >= 15 is 0 Å². The normalized spacial score (nSPS) is 12.6. The van der Waals surface area contributed by atoms with Crippen LogP contribution in [0.3, 0.4) is 0 Å². The minimum Gasteiger partial charge on any atom is -0.462 e. The minimum atomic E-state index is -4.47. The van der Waals surface area contributed by atoms with Gasteiger partial charge in [-0.2, -0.15) is 5.10 Å². The van der Waals surface area contributed by atoms with Gasteiger partial charge in [-0.1, -0.05) is 80.8 Å². The van der Waals surface area contributed by atoms with Crippen LogP contribution in [-0.2, 0) is 27.7 Å². The molecule has 1 N–H and O–H groups in total. The molecule has 1 aliphatic rings. The maximum Gasteiger partial charge on any atom is 0.338 e. The van der Waals surface area contributed by atoms with Crippen LogP contribution in [0, 0.1) is 6.92 Å². The standard InChI is InChI=1S/C43H46ClN5O7S/c1-5-8-22-47(23-9-6-2)42(52)39-38(44)28(4)49(45-39)37-20-18-31(25-36(37)41(51)48-24-21-29-13-10-11-14-32(29)27-48)40(50)46-57(54,55)33-19-17-30-15-12-16-34(35(30)26-33)43(53)56-7-3/h10-20,25-26H,5-9,21-24,27H2,1-4H3,(H,46,50). The zero-order valence-electron chi connectivity index (χ0n) is 32.5. The van der Waals surface area contributed by atoms with Crippen LogP contribution in [0.4, 0.5) is 0 Å². The minimum absolute atomic E-state index is 0.0566. The molecule has 12 nitrogen and oxygen atoms in total. The molecule has 2 heterocycles. The summed E-state index contributed by atoms with van der Waals surface area (Å²) in [5, 5.41) is 5.77. The Kier molecular flexibility index (Phi) is 12.8. The number of nitrogens with one attached hydrogen (secondary N) is 1. The lowest BCUT2D eigenvalue weighted by Gasteiger charge is -2.29. The van der Waals surface area contributed by atoms with Crippen LogP contribution in [0.2, 0.25) is 5.02 Å². The SMILES string of the molecule is CCCCN(CCCC)C(=O)c1nn(-c2ccc(C(=O)NS(=O)(=O)c3ccc4cccc(C(=O)OCC)c4c3)cc2C(=O)N2CCc3ccccc3C2)c(C)c1Cl. The summed E-state index contributed by atoms with van der Waals surface area (Å²) < 4.78 is 36.1. The Morgan fingerprint density at radius 1 is 0.877 bits per heavy atom. The molecule has 0 bridgehead atoms. The third-order valence-electron chi connectivity index (χ3n) is 10.1. The number of amides is 3. The van der Waals surface area contributed by atoms with Crippen molar-refractivity contribution in [3.8, 4) is 5.69 Å². The fourth-order valence-corrected chi connectivity index (χ4v) is 8.13. The average Bonchev–Trinajstić information content (AvgIpc) is 3.52. The second-order valence-electron chi connectivity index (χ2n) is 14.0. The molecule has 0 spiro atoms. The zero-order chi connectivity index (χ0) is 40.9. The Morgan fingerprint density at radius 3 is 2.30 bits per heavy atom. The van der Waals surface area contributed by atoms with E-state index in [1.165, 1.54) is 35.0 Å². The van der Waals surface area contributed by atoms with Crippen molar-refractivity contribution in [1.29, 1.82) is 0 Å². The van der Waals surface area contributed by atoms with Gasteiger partial charge in [-0.25, -0.2) is 22.6 Å². The molecule has 4 aromatic carbocycles. The molecule has 5 aromatic rings.